The van der Waals surface area contributed by atoms with Crippen LogP contribution in [0.3, 0.4) is 0 Å². The molecule has 2 saturated heterocycles. The first kappa shape index (κ1) is 15.3. The summed E-state index contributed by atoms with van der Waals surface area (Å²) in [4.78, 5) is 28.5. The summed E-state index contributed by atoms with van der Waals surface area (Å²) in [5.74, 6) is 0.609. The van der Waals surface area contributed by atoms with E-state index in [1.54, 1.807) is 12.1 Å². The van der Waals surface area contributed by atoms with Gasteiger partial charge in [-0.3, -0.25) is 9.59 Å². The number of carbonyl (C=O) groups is 2. The molecule has 0 bridgehead atoms. The van der Waals surface area contributed by atoms with Gasteiger partial charge in [-0.05, 0) is 37.3 Å². The fraction of sp³-hybridized carbons (Fsp3) is 0.529. The Labute approximate surface area is 136 Å². The van der Waals surface area contributed by atoms with Gasteiger partial charge in [0.15, 0.2) is 0 Å². The molecule has 0 spiro atoms. The number of fused-ring (bicyclic) bond motifs is 1. The second kappa shape index (κ2) is 6.29. The molecule has 2 heterocycles. The van der Waals surface area contributed by atoms with E-state index in [2.05, 4.69) is 0 Å². The molecule has 2 aliphatic rings. The van der Waals surface area contributed by atoms with Crippen LogP contribution in [-0.4, -0.2) is 47.8 Å². The molecule has 2 atom stereocenters. The van der Waals surface area contributed by atoms with Crippen LogP contribution in [0, 0.1) is 5.92 Å². The summed E-state index contributed by atoms with van der Waals surface area (Å²) in [5.41, 5.74) is 0.570. The van der Waals surface area contributed by atoms with Gasteiger partial charge in [0.2, 0.25) is 5.91 Å². The molecule has 5 heteroatoms. The van der Waals surface area contributed by atoms with Crippen LogP contribution in [0.2, 0.25) is 5.02 Å². The highest BCUT2D eigenvalue weighted by atomic mass is 35.5. The molecule has 4 nitrogen and oxygen atoms in total. The van der Waals surface area contributed by atoms with Crippen molar-refractivity contribution in [3.8, 4) is 0 Å². The van der Waals surface area contributed by atoms with Crippen LogP contribution in [0.1, 0.15) is 36.0 Å². The van der Waals surface area contributed by atoms with Gasteiger partial charge in [-0.1, -0.05) is 23.7 Å². The predicted molar refractivity (Wildman–Crippen MR) is 85.9 cm³/mol. The Balaban J connectivity index is 1.75. The highest BCUT2D eigenvalue weighted by Crippen LogP contribution is 2.30. The first-order chi connectivity index (χ1) is 10.6. The summed E-state index contributed by atoms with van der Waals surface area (Å²) in [6, 6.07) is 7.46. The standard InChI is InChI=1S/C17H21ClN2O2/c1-19-15-9-10-20(11-12(15)5-4-8-16(19)21)17(22)13-6-2-3-7-14(13)18/h2-3,6-7,12,15H,4-5,8-11H2,1H3/t12-,15-/m1/s1. The SMILES string of the molecule is CN1C(=O)CCC[C@@H]2CN(C(=O)c3ccccc3Cl)CC[C@H]21. The number of rotatable bonds is 1. The number of nitrogens with zero attached hydrogens (tertiary/aromatic N) is 2. The van der Waals surface area contributed by atoms with Gasteiger partial charge < -0.3 is 9.80 Å². The predicted octanol–water partition coefficient (Wildman–Crippen LogP) is 2.81. The maximum atomic E-state index is 12.7. The third-order valence-electron chi connectivity index (χ3n) is 4.94. The van der Waals surface area contributed by atoms with Gasteiger partial charge in [-0.25, -0.2) is 0 Å². The van der Waals surface area contributed by atoms with E-state index in [0.29, 0.717) is 36.0 Å². The summed E-state index contributed by atoms with van der Waals surface area (Å²) in [5, 5.41) is 0.503. The van der Waals surface area contributed by atoms with Crippen molar-refractivity contribution in [3.63, 3.8) is 0 Å². The Bertz CT molecular complexity index is 590. The van der Waals surface area contributed by atoms with Crippen molar-refractivity contribution in [2.75, 3.05) is 20.1 Å². The summed E-state index contributed by atoms with van der Waals surface area (Å²) >= 11 is 6.14. The zero-order valence-corrected chi connectivity index (χ0v) is 13.6. The zero-order chi connectivity index (χ0) is 15.7. The van der Waals surface area contributed by atoms with E-state index in [4.69, 9.17) is 11.6 Å². The monoisotopic (exact) mass is 320 g/mol. The van der Waals surface area contributed by atoms with Gasteiger partial charge in [0.1, 0.15) is 0 Å². The lowest BCUT2D eigenvalue weighted by Crippen LogP contribution is -2.51. The lowest BCUT2D eigenvalue weighted by atomic mass is 9.88. The molecule has 1 aromatic rings. The number of likely N-dealkylation sites (tertiary alicyclic amines) is 2. The van der Waals surface area contributed by atoms with Crippen LogP contribution in [0.4, 0.5) is 0 Å². The van der Waals surface area contributed by atoms with E-state index in [1.165, 1.54) is 0 Å². The summed E-state index contributed by atoms with van der Waals surface area (Å²) in [6.07, 6.45) is 3.40. The second-order valence-electron chi connectivity index (χ2n) is 6.24. The fourth-order valence-corrected chi connectivity index (χ4v) is 3.90. The van der Waals surface area contributed by atoms with Crippen LogP contribution < -0.4 is 0 Å². The lowest BCUT2D eigenvalue weighted by molar-refractivity contribution is -0.132. The number of hydrogen-bond acceptors (Lipinski definition) is 2. The van der Waals surface area contributed by atoms with E-state index in [9.17, 15) is 9.59 Å². The van der Waals surface area contributed by atoms with Gasteiger partial charge in [0.05, 0.1) is 10.6 Å². The molecule has 22 heavy (non-hydrogen) atoms. The van der Waals surface area contributed by atoms with E-state index in [1.807, 2.05) is 29.0 Å². The Kier molecular flexibility index (Phi) is 4.39. The molecule has 1 aromatic carbocycles. The van der Waals surface area contributed by atoms with Crippen LogP contribution in [-0.2, 0) is 4.79 Å². The normalized spacial score (nSPS) is 25.6. The van der Waals surface area contributed by atoms with Gasteiger partial charge >= 0.3 is 0 Å². The molecule has 2 aliphatic heterocycles. The summed E-state index contributed by atoms with van der Waals surface area (Å²) in [6.45, 7) is 1.40. The molecular formula is C17H21ClN2O2. The van der Waals surface area contributed by atoms with E-state index < -0.39 is 0 Å². The van der Waals surface area contributed by atoms with Crippen molar-refractivity contribution in [3.05, 3.63) is 34.9 Å². The van der Waals surface area contributed by atoms with Crippen LogP contribution in [0.25, 0.3) is 0 Å². The van der Waals surface area contributed by atoms with Crippen molar-refractivity contribution in [1.82, 2.24) is 9.80 Å². The molecule has 0 N–H and O–H groups in total. The lowest BCUT2D eigenvalue weighted by Gasteiger charge is -2.41. The molecule has 2 amide bonds. The van der Waals surface area contributed by atoms with E-state index in [0.717, 1.165) is 19.3 Å². The van der Waals surface area contributed by atoms with Crippen LogP contribution in [0.15, 0.2) is 24.3 Å². The number of hydrogen-bond donors (Lipinski definition) is 0. The maximum absolute atomic E-state index is 12.7. The number of piperidine rings is 1. The van der Waals surface area contributed by atoms with Crippen molar-refractivity contribution in [1.29, 1.82) is 0 Å². The third-order valence-corrected chi connectivity index (χ3v) is 5.27. The van der Waals surface area contributed by atoms with E-state index in [-0.39, 0.29) is 17.9 Å². The molecule has 0 radical (unpaired) electrons. The van der Waals surface area contributed by atoms with Gasteiger partial charge in [-0.15, -0.1) is 0 Å². The minimum Gasteiger partial charge on any atom is -0.342 e. The van der Waals surface area contributed by atoms with Crippen molar-refractivity contribution >= 4 is 23.4 Å². The molecule has 2 fully saturated rings. The van der Waals surface area contributed by atoms with Crippen molar-refractivity contribution < 1.29 is 9.59 Å². The molecule has 3 rings (SSSR count). The molecule has 0 unspecified atom stereocenters. The molecule has 0 aliphatic carbocycles. The van der Waals surface area contributed by atoms with Crippen LogP contribution >= 0.6 is 11.6 Å². The average molecular weight is 321 g/mol. The van der Waals surface area contributed by atoms with Gasteiger partial charge in [-0.2, -0.15) is 0 Å². The minimum absolute atomic E-state index is 0.00211. The molecule has 118 valence electrons. The quantitative estimate of drug-likeness (QED) is 0.798. The first-order valence-electron chi connectivity index (χ1n) is 7.87. The molecular weight excluding hydrogens is 300 g/mol. The zero-order valence-electron chi connectivity index (χ0n) is 12.8. The van der Waals surface area contributed by atoms with E-state index >= 15 is 0 Å². The summed E-state index contributed by atoms with van der Waals surface area (Å²) in [7, 11) is 1.90. The number of halogens is 1. The molecule has 0 saturated carbocycles. The Morgan fingerprint density at radius 1 is 1.27 bits per heavy atom. The number of amides is 2. The topological polar surface area (TPSA) is 40.6 Å². The maximum Gasteiger partial charge on any atom is 0.255 e. The molecule has 0 aromatic heterocycles. The second-order valence-corrected chi connectivity index (χ2v) is 6.65. The van der Waals surface area contributed by atoms with Gasteiger partial charge in [0, 0.05) is 32.6 Å². The van der Waals surface area contributed by atoms with Crippen molar-refractivity contribution in [2.45, 2.75) is 31.7 Å². The fourth-order valence-electron chi connectivity index (χ4n) is 3.68. The highest BCUT2D eigenvalue weighted by molar-refractivity contribution is 6.33. The largest absolute Gasteiger partial charge is 0.342 e. The number of carbonyl (C=O) groups excluding carboxylic acids is 2. The minimum atomic E-state index is 0.00211. The summed E-state index contributed by atoms with van der Waals surface area (Å²) < 4.78 is 0. The first-order valence-corrected chi connectivity index (χ1v) is 8.25. The Hall–Kier alpha value is -1.55. The average Bonchev–Trinajstić information content (AvgIpc) is 2.66. The smallest absolute Gasteiger partial charge is 0.255 e. The van der Waals surface area contributed by atoms with Crippen molar-refractivity contribution in [2.24, 2.45) is 5.92 Å². The Morgan fingerprint density at radius 3 is 2.82 bits per heavy atom. The third kappa shape index (κ3) is 2.84. The highest BCUT2D eigenvalue weighted by Gasteiger charge is 2.37. The van der Waals surface area contributed by atoms with Crippen LogP contribution in [0.5, 0.6) is 0 Å². The Morgan fingerprint density at radius 2 is 2.05 bits per heavy atom. The number of benzene rings is 1. The van der Waals surface area contributed by atoms with Gasteiger partial charge in [0.25, 0.3) is 5.91 Å².